The van der Waals surface area contributed by atoms with Gasteiger partial charge in [-0.25, -0.2) is 0 Å². The van der Waals surface area contributed by atoms with Gasteiger partial charge in [-0.05, 0) is 11.7 Å². The van der Waals surface area contributed by atoms with Crippen LogP contribution in [0.5, 0.6) is 0 Å². The van der Waals surface area contributed by atoms with Gasteiger partial charge in [-0.3, -0.25) is 0 Å². The van der Waals surface area contributed by atoms with Gasteiger partial charge < -0.3 is 14.9 Å². The number of allylic oxidation sites excluding steroid dienone is 2. The lowest BCUT2D eigenvalue weighted by Crippen LogP contribution is -2.22. The second-order valence-electron chi connectivity index (χ2n) is 2.34. The Hall–Kier alpha value is -0.735. The van der Waals surface area contributed by atoms with E-state index in [9.17, 15) is 0 Å². The summed E-state index contributed by atoms with van der Waals surface area (Å²) >= 11 is 0. The van der Waals surface area contributed by atoms with Crippen LogP contribution in [-0.4, -0.2) is 35.7 Å². The van der Waals surface area contributed by atoms with E-state index in [4.69, 9.17) is 10.0 Å². The van der Waals surface area contributed by atoms with E-state index in [0.717, 1.165) is 6.54 Å². The van der Waals surface area contributed by atoms with Crippen molar-refractivity contribution < 1.29 is 10.0 Å². The molecule has 1 heterocycles. The number of likely N-dealkylation sites (N-methyl/N-ethyl adjacent to an activating group) is 1. The van der Waals surface area contributed by atoms with Gasteiger partial charge in [-0.1, -0.05) is 12.2 Å². The van der Waals surface area contributed by atoms with Crippen LogP contribution in [0.1, 0.15) is 0 Å². The van der Waals surface area contributed by atoms with Gasteiger partial charge >= 0.3 is 7.12 Å². The smallest absolute Gasteiger partial charge is 0.423 e. The van der Waals surface area contributed by atoms with Gasteiger partial charge in [0, 0.05) is 13.6 Å². The van der Waals surface area contributed by atoms with Crippen LogP contribution in [0.3, 0.4) is 0 Å². The number of hydrogen-bond acceptors (Lipinski definition) is 3. The van der Waals surface area contributed by atoms with Crippen molar-refractivity contribution in [3.8, 4) is 0 Å². The Kier molecular flexibility index (Phi) is 2.14. The Morgan fingerprint density at radius 1 is 1.60 bits per heavy atom. The second-order valence-corrected chi connectivity index (χ2v) is 2.34. The lowest BCUT2D eigenvalue weighted by Gasteiger charge is -2.16. The minimum atomic E-state index is -1.35. The summed E-state index contributed by atoms with van der Waals surface area (Å²) in [6, 6.07) is 0. The zero-order valence-electron chi connectivity index (χ0n) is 5.86. The maximum absolute atomic E-state index is 8.70. The first-order valence-corrected chi connectivity index (χ1v) is 3.15. The Morgan fingerprint density at radius 2 is 2.30 bits per heavy atom. The van der Waals surface area contributed by atoms with E-state index in [1.165, 1.54) is 0 Å². The molecular weight excluding hydrogens is 129 g/mol. The Balaban J connectivity index is 2.66. The van der Waals surface area contributed by atoms with Gasteiger partial charge in [0.1, 0.15) is 0 Å². The molecule has 0 aromatic heterocycles. The van der Waals surface area contributed by atoms with Gasteiger partial charge in [0.05, 0.1) is 0 Å². The van der Waals surface area contributed by atoms with E-state index in [1.807, 2.05) is 18.0 Å². The van der Waals surface area contributed by atoms with E-state index < -0.39 is 7.12 Å². The molecule has 0 amide bonds. The zero-order valence-corrected chi connectivity index (χ0v) is 5.86. The molecule has 0 spiro atoms. The molecule has 0 fully saturated rings. The highest BCUT2D eigenvalue weighted by Gasteiger charge is 2.13. The average molecular weight is 139 g/mol. The molecule has 3 nitrogen and oxygen atoms in total. The minimum absolute atomic E-state index is 0.536. The molecule has 0 saturated carbocycles. The fourth-order valence-electron chi connectivity index (χ4n) is 0.858. The summed E-state index contributed by atoms with van der Waals surface area (Å²) in [5.74, 6) is 0. The van der Waals surface area contributed by atoms with Crippen molar-refractivity contribution in [1.29, 1.82) is 0 Å². The molecule has 1 aliphatic heterocycles. The monoisotopic (exact) mass is 139 g/mol. The molecule has 10 heavy (non-hydrogen) atoms. The molecular formula is C6H10BNO2. The predicted octanol–water partition coefficient (Wildman–Crippen LogP) is -0.616. The van der Waals surface area contributed by atoms with E-state index in [-0.39, 0.29) is 0 Å². The lowest BCUT2D eigenvalue weighted by molar-refractivity contribution is 0.415. The Morgan fingerprint density at radius 3 is 2.70 bits per heavy atom. The van der Waals surface area contributed by atoms with Crippen molar-refractivity contribution in [1.82, 2.24) is 4.90 Å². The average Bonchev–Trinajstić information content (AvgIpc) is 1.88. The summed E-state index contributed by atoms with van der Waals surface area (Å²) in [6.07, 6.45) is 5.31. The topological polar surface area (TPSA) is 43.7 Å². The fraction of sp³-hybridized carbons (Fsp3) is 0.333. The maximum atomic E-state index is 8.70. The van der Waals surface area contributed by atoms with Crippen molar-refractivity contribution in [2.24, 2.45) is 0 Å². The second kappa shape index (κ2) is 2.90. The molecule has 0 aliphatic carbocycles. The van der Waals surface area contributed by atoms with Gasteiger partial charge in [0.15, 0.2) is 0 Å². The molecule has 1 rings (SSSR count). The molecule has 0 saturated heterocycles. The summed E-state index contributed by atoms with van der Waals surface area (Å²) < 4.78 is 0. The zero-order chi connectivity index (χ0) is 7.56. The highest BCUT2D eigenvalue weighted by molar-refractivity contribution is 6.51. The normalized spacial score (nSPS) is 17.1. The van der Waals surface area contributed by atoms with Gasteiger partial charge in [-0.15, -0.1) is 0 Å². The van der Waals surface area contributed by atoms with Crippen LogP contribution in [0, 0.1) is 0 Å². The summed E-state index contributed by atoms with van der Waals surface area (Å²) in [5.41, 5.74) is 0.536. The van der Waals surface area contributed by atoms with E-state index in [2.05, 4.69) is 0 Å². The Labute approximate surface area is 60.4 Å². The summed E-state index contributed by atoms with van der Waals surface area (Å²) in [6.45, 7) is 0.830. The van der Waals surface area contributed by atoms with Crippen molar-refractivity contribution >= 4 is 7.12 Å². The van der Waals surface area contributed by atoms with Gasteiger partial charge in [-0.2, -0.15) is 0 Å². The molecule has 0 radical (unpaired) electrons. The van der Waals surface area contributed by atoms with E-state index >= 15 is 0 Å². The Bertz CT molecular complexity index is 177. The standard InChI is InChI=1S/C6H10BNO2/c1-8-4-2-3-6(5-8)7(9)10/h2-3,5,9-10H,4H2,1H3. The molecule has 0 atom stereocenters. The van der Waals surface area contributed by atoms with Crippen molar-refractivity contribution in [2.45, 2.75) is 0 Å². The SMILES string of the molecule is CN1C=C(B(O)O)C=CC1. The van der Waals surface area contributed by atoms with Crippen molar-refractivity contribution in [3.63, 3.8) is 0 Å². The summed E-state index contributed by atoms with van der Waals surface area (Å²) in [4.78, 5) is 1.88. The van der Waals surface area contributed by atoms with Crippen LogP contribution in [0.2, 0.25) is 0 Å². The first-order valence-electron chi connectivity index (χ1n) is 3.15. The molecule has 0 unspecified atom stereocenters. The van der Waals surface area contributed by atoms with Gasteiger partial charge in [0.25, 0.3) is 0 Å². The lowest BCUT2D eigenvalue weighted by atomic mass is 9.79. The maximum Gasteiger partial charge on any atom is 0.489 e. The molecule has 54 valence electrons. The molecule has 1 aliphatic rings. The van der Waals surface area contributed by atoms with Crippen LogP contribution in [0.15, 0.2) is 23.8 Å². The van der Waals surface area contributed by atoms with E-state index in [1.54, 1.807) is 12.3 Å². The molecule has 4 heteroatoms. The molecule has 0 aromatic rings. The minimum Gasteiger partial charge on any atom is -0.423 e. The fourth-order valence-corrected chi connectivity index (χ4v) is 0.858. The first kappa shape index (κ1) is 7.37. The first-order chi connectivity index (χ1) is 4.70. The number of nitrogens with zero attached hydrogens (tertiary/aromatic N) is 1. The van der Waals surface area contributed by atoms with Crippen molar-refractivity contribution in [3.05, 3.63) is 23.8 Å². The van der Waals surface area contributed by atoms with Crippen LogP contribution in [0.4, 0.5) is 0 Å². The summed E-state index contributed by atoms with van der Waals surface area (Å²) in [5, 5.41) is 17.4. The quantitative estimate of drug-likeness (QED) is 0.476. The van der Waals surface area contributed by atoms with Gasteiger partial charge in [0.2, 0.25) is 0 Å². The predicted molar refractivity (Wildman–Crippen MR) is 40.0 cm³/mol. The number of rotatable bonds is 1. The third-order valence-electron chi connectivity index (χ3n) is 1.37. The molecule has 0 aromatic carbocycles. The third-order valence-corrected chi connectivity index (χ3v) is 1.37. The van der Waals surface area contributed by atoms with Crippen LogP contribution in [-0.2, 0) is 0 Å². The highest BCUT2D eigenvalue weighted by atomic mass is 16.4. The molecule has 0 bridgehead atoms. The van der Waals surface area contributed by atoms with Crippen LogP contribution < -0.4 is 0 Å². The summed E-state index contributed by atoms with van der Waals surface area (Å²) in [7, 11) is 0.533. The third kappa shape index (κ3) is 1.62. The van der Waals surface area contributed by atoms with Crippen LogP contribution >= 0.6 is 0 Å². The van der Waals surface area contributed by atoms with Crippen LogP contribution in [0.25, 0.3) is 0 Å². The largest absolute Gasteiger partial charge is 0.489 e. The number of hydrogen-bond donors (Lipinski definition) is 2. The molecule has 2 N–H and O–H groups in total. The van der Waals surface area contributed by atoms with Crippen molar-refractivity contribution in [2.75, 3.05) is 13.6 Å². The highest BCUT2D eigenvalue weighted by Crippen LogP contribution is 2.05. The van der Waals surface area contributed by atoms with E-state index in [0.29, 0.717) is 5.47 Å².